The molecular weight excluding hydrogens is 480 g/mol. The first-order valence-corrected chi connectivity index (χ1v) is 12.6. The van der Waals surface area contributed by atoms with E-state index in [4.69, 9.17) is 4.74 Å². The lowest BCUT2D eigenvalue weighted by atomic mass is 10.1. The summed E-state index contributed by atoms with van der Waals surface area (Å²) in [5, 5.41) is 21.8. The van der Waals surface area contributed by atoms with Gasteiger partial charge >= 0.3 is 5.97 Å². The molecular formula is C25H24N6O2S2. The molecule has 2 aromatic heterocycles. The van der Waals surface area contributed by atoms with E-state index >= 15 is 0 Å². The summed E-state index contributed by atoms with van der Waals surface area (Å²) in [5.41, 5.74) is 4.02. The Kier molecular flexibility index (Phi) is 8.07. The number of thiazole rings is 1. The Labute approximate surface area is 211 Å². The van der Waals surface area contributed by atoms with Crippen molar-refractivity contribution in [2.75, 3.05) is 18.5 Å². The van der Waals surface area contributed by atoms with Gasteiger partial charge in [-0.2, -0.15) is 0 Å². The van der Waals surface area contributed by atoms with Crippen molar-refractivity contribution in [1.82, 2.24) is 4.98 Å². The number of nitrogens with one attached hydrogen (secondary N) is 1. The Morgan fingerprint density at radius 3 is 2.34 bits per heavy atom. The number of ether oxygens (including phenoxy) is 1. The van der Waals surface area contributed by atoms with Gasteiger partial charge in [0.05, 0.1) is 22.7 Å². The molecule has 0 radical (unpaired) electrons. The van der Waals surface area contributed by atoms with E-state index in [-0.39, 0.29) is 5.97 Å². The molecule has 8 nitrogen and oxygen atoms in total. The van der Waals surface area contributed by atoms with Crippen LogP contribution in [0.15, 0.2) is 87.2 Å². The summed E-state index contributed by atoms with van der Waals surface area (Å²) in [5.74, 6) is -0.370. The van der Waals surface area contributed by atoms with Crippen molar-refractivity contribution in [1.29, 1.82) is 0 Å². The maximum atomic E-state index is 11.4. The Balaban J connectivity index is 1.33. The van der Waals surface area contributed by atoms with E-state index in [1.807, 2.05) is 54.6 Å². The quantitative estimate of drug-likeness (QED) is 0.133. The van der Waals surface area contributed by atoms with Crippen molar-refractivity contribution < 1.29 is 9.53 Å². The number of thiophene rings is 1. The zero-order chi connectivity index (χ0) is 24.6. The fraction of sp³-hybridized carbons (Fsp3) is 0.200. The molecule has 2 heterocycles. The van der Waals surface area contributed by atoms with Crippen LogP contribution in [0.5, 0.6) is 0 Å². The Morgan fingerprint density at radius 2 is 1.69 bits per heavy atom. The highest BCUT2D eigenvalue weighted by atomic mass is 32.1. The summed E-state index contributed by atoms with van der Waals surface area (Å²) < 4.78 is 6.12. The number of hydrogen-bond acceptors (Lipinski definition) is 10. The normalized spacial score (nSPS) is 11.5. The zero-order valence-electron chi connectivity index (χ0n) is 19.4. The number of azo groups is 2. The molecule has 4 rings (SSSR count). The van der Waals surface area contributed by atoms with Gasteiger partial charge in [-0.3, -0.25) is 0 Å². The summed E-state index contributed by atoms with van der Waals surface area (Å²) in [6.07, 6.45) is 0.629. The predicted octanol–water partition coefficient (Wildman–Crippen LogP) is 8.28. The van der Waals surface area contributed by atoms with Gasteiger partial charge in [0.15, 0.2) is 0 Å². The number of anilines is 1. The van der Waals surface area contributed by atoms with E-state index < -0.39 is 0 Å². The van der Waals surface area contributed by atoms with Crippen molar-refractivity contribution in [2.24, 2.45) is 20.5 Å². The van der Waals surface area contributed by atoms with Crippen LogP contribution in [-0.2, 0) is 16.0 Å². The average molecular weight is 505 g/mol. The molecule has 10 heteroatoms. The summed E-state index contributed by atoms with van der Waals surface area (Å²) in [4.78, 5) is 16.8. The molecule has 0 fully saturated rings. The molecule has 35 heavy (non-hydrogen) atoms. The molecule has 0 aliphatic rings. The fourth-order valence-corrected chi connectivity index (χ4v) is 4.82. The summed E-state index contributed by atoms with van der Waals surface area (Å²) >= 11 is 2.93. The van der Waals surface area contributed by atoms with Crippen molar-refractivity contribution >= 4 is 65.4 Å². The monoisotopic (exact) mass is 504 g/mol. The van der Waals surface area contributed by atoms with Gasteiger partial charge in [0.25, 0.3) is 0 Å². The first kappa shape index (κ1) is 24.4. The first-order valence-electron chi connectivity index (χ1n) is 11.0. The average Bonchev–Trinajstić information content (AvgIpc) is 3.41. The second-order valence-corrected chi connectivity index (χ2v) is 9.58. The van der Waals surface area contributed by atoms with E-state index in [1.165, 1.54) is 22.7 Å². The van der Waals surface area contributed by atoms with E-state index in [1.54, 1.807) is 6.92 Å². The number of rotatable bonds is 10. The number of nitrogens with zero attached hydrogens (tertiary/aromatic N) is 5. The van der Waals surface area contributed by atoms with Crippen molar-refractivity contribution in [3.05, 3.63) is 72.3 Å². The predicted molar refractivity (Wildman–Crippen MR) is 142 cm³/mol. The van der Waals surface area contributed by atoms with Crippen LogP contribution in [-0.4, -0.2) is 24.1 Å². The largest absolute Gasteiger partial charge is 0.462 e. The molecule has 0 unspecified atom stereocenters. The van der Waals surface area contributed by atoms with Gasteiger partial charge in [-0.15, -0.1) is 20.5 Å². The molecule has 2 aromatic carbocycles. The number of carbonyl (C=O) groups excluding carboxylic acids is 1. The minimum atomic E-state index is -0.370. The van der Waals surface area contributed by atoms with Gasteiger partial charge in [0.2, 0.25) is 5.13 Å². The van der Waals surface area contributed by atoms with Crippen LogP contribution in [0, 0.1) is 0 Å². The molecule has 0 bridgehead atoms. The minimum Gasteiger partial charge on any atom is -0.462 e. The number of fused-ring (bicyclic) bond motifs is 1. The van der Waals surface area contributed by atoms with Crippen LogP contribution in [0.4, 0.5) is 27.2 Å². The molecule has 0 saturated carbocycles. The highest BCUT2D eigenvalue weighted by Gasteiger charge is 2.08. The molecule has 178 valence electrons. The molecule has 1 N–H and O–H groups in total. The van der Waals surface area contributed by atoms with E-state index in [2.05, 4.69) is 44.3 Å². The zero-order valence-corrected chi connectivity index (χ0v) is 21.0. The number of benzene rings is 2. The fourth-order valence-electron chi connectivity index (χ4n) is 2.98. The lowest BCUT2D eigenvalue weighted by Gasteiger charge is -2.04. The molecule has 0 aliphatic heterocycles. The Bertz CT molecular complexity index is 1340. The Morgan fingerprint density at radius 1 is 1.00 bits per heavy atom. The highest BCUT2D eigenvalue weighted by Crippen LogP contribution is 2.39. The summed E-state index contributed by atoms with van der Waals surface area (Å²) in [7, 11) is 0. The number of esters is 1. The molecule has 0 aliphatic carbocycles. The topological polar surface area (TPSA) is 101 Å². The third-order valence-electron chi connectivity index (χ3n) is 4.74. The molecule has 0 spiro atoms. The maximum Gasteiger partial charge on any atom is 0.333 e. The second-order valence-electron chi connectivity index (χ2n) is 7.56. The lowest BCUT2D eigenvalue weighted by Crippen LogP contribution is -2.07. The molecule has 0 atom stereocenters. The smallest absolute Gasteiger partial charge is 0.333 e. The summed E-state index contributed by atoms with van der Waals surface area (Å²) in [6.45, 7) is 8.45. The van der Waals surface area contributed by atoms with Crippen molar-refractivity contribution in [2.45, 2.75) is 20.3 Å². The van der Waals surface area contributed by atoms with Gasteiger partial charge in [-0.05, 0) is 61.9 Å². The third kappa shape index (κ3) is 6.87. The van der Waals surface area contributed by atoms with Crippen LogP contribution >= 0.6 is 22.7 Å². The first-order chi connectivity index (χ1) is 17.0. The van der Waals surface area contributed by atoms with Crippen LogP contribution < -0.4 is 5.32 Å². The van der Waals surface area contributed by atoms with Gasteiger partial charge in [0, 0.05) is 24.2 Å². The Hall–Kier alpha value is -3.76. The van der Waals surface area contributed by atoms with Crippen LogP contribution in [0.3, 0.4) is 0 Å². The number of carbonyl (C=O) groups is 1. The van der Waals surface area contributed by atoms with Gasteiger partial charge in [0.1, 0.15) is 9.83 Å². The number of hydrogen-bond donors (Lipinski definition) is 1. The molecule has 0 amide bonds. The standard InChI is InChI=1S/C25H24N6O2S2/c1-4-26-18-9-11-20(12-10-18)29-31-25-27-23-21(34-25)15-22(35-23)30-28-19-7-5-17(6-8-19)13-14-33-24(32)16(2)3/h5-12,15,26H,2,4,13-14H2,1,3H3/b30-28+,31-29+. The maximum absolute atomic E-state index is 11.4. The summed E-state index contributed by atoms with van der Waals surface area (Å²) in [6, 6.07) is 17.4. The van der Waals surface area contributed by atoms with Crippen LogP contribution in [0.25, 0.3) is 9.53 Å². The number of aromatic nitrogens is 1. The van der Waals surface area contributed by atoms with Gasteiger partial charge < -0.3 is 10.1 Å². The van der Waals surface area contributed by atoms with Crippen LogP contribution in [0.2, 0.25) is 0 Å². The minimum absolute atomic E-state index is 0.315. The van der Waals surface area contributed by atoms with E-state index in [0.29, 0.717) is 23.7 Å². The van der Waals surface area contributed by atoms with Gasteiger partial charge in [-0.1, -0.05) is 41.4 Å². The lowest BCUT2D eigenvalue weighted by molar-refractivity contribution is -0.138. The SMILES string of the molecule is C=C(C)C(=O)OCCc1ccc(/N=N/c2cc3sc(/N=N/c4ccc(NCC)cc4)nc3s2)cc1. The van der Waals surface area contributed by atoms with E-state index in [9.17, 15) is 4.79 Å². The van der Waals surface area contributed by atoms with Crippen molar-refractivity contribution in [3.63, 3.8) is 0 Å². The molecule has 4 aromatic rings. The highest BCUT2D eigenvalue weighted by molar-refractivity contribution is 7.30. The van der Waals surface area contributed by atoms with Crippen molar-refractivity contribution in [3.8, 4) is 0 Å². The third-order valence-corrected chi connectivity index (χ3v) is 6.67. The van der Waals surface area contributed by atoms with E-state index in [0.717, 1.165) is 43.7 Å². The second kappa shape index (κ2) is 11.6. The molecule has 0 saturated heterocycles. The van der Waals surface area contributed by atoms with Gasteiger partial charge in [-0.25, -0.2) is 9.78 Å². The van der Waals surface area contributed by atoms with Crippen LogP contribution in [0.1, 0.15) is 19.4 Å².